The number of pyridine rings is 1. The molecule has 3 heterocycles. The summed E-state index contributed by atoms with van der Waals surface area (Å²) in [6, 6.07) is 3.35. The van der Waals surface area contributed by atoms with Gasteiger partial charge in [0.2, 0.25) is 10.0 Å². The van der Waals surface area contributed by atoms with Gasteiger partial charge >= 0.3 is 6.18 Å². The van der Waals surface area contributed by atoms with Gasteiger partial charge in [0.1, 0.15) is 6.61 Å². The smallest absolute Gasteiger partial charge is 0.381 e. The lowest BCUT2D eigenvalue weighted by atomic mass is 9.94. The van der Waals surface area contributed by atoms with Crippen LogP contribution in [0.3, 0.4) is 0 Å². The van der Waals surface area contributed by atoms with Gasteiger partial charge in [-0.15, -0.1) is 12.4 Å². The van der Waals surface area contributed by atoms with Gasteiger partial charge in [0, 0.05) is 57.0 Å². The lowest BCUT2D eigenvalue weighted by Crippen LogP contribution is -2.60. The topological polar surface area (TPSA) is 118 Å². The molecule has 1 aromatic heterocycles. The van der Waals surface area contributed by atoms with E-state index < -0.39 is 33.5 Å². The monoisotopic (exact) mass is 517 g/mol. The molecule has 0 spiro atoms. The van der Waals surface area contributed by atoms with Crippen molar-refractivity contribution in [3.05, 3.63) is 29.6 Å². The van der Waals surface area contributed by atoms with Gasteiger partial charge in [0.25, 0.3) is 5.91 Å². The minimum Gasteiger partial charge on any atom is -0.381 e. The van der Waals surface area contributed by atoms with Crippen molar-refractivity contribution in [2.45, 2.75) is 49.1 Å². The van der Waals surface area contributed by atoms with Crippen LogP contribution in [0.5, 0.6) is 0 Å². The number of amides is 1. The lowest BCUT2D eigenvalue weighted by molar-refractivity contribution is -0.176. The average molecular weight is 518 g/mol. The first-order valence-electron chi connectivity index (χ1n) is 10.2. The number of hydroxylamine groups is 1. The molecule has 0 unspecified atom stereocenters. The second-order valence-electron chi connectivity index (χ2n) is 7.93. The Labute approximate surface area is 196 Å². The molecule has 188 valence electrons. The Balaban J connectivity index is 0.00000385. The van der Waals surface area contributed by atoms with Crippen LogP contribution in [0.15, 0.2) is 18.3 Å². The third-order valence-corrected chi connectivity index (χ3v) is 8.53. The third kappa shape index (κ3) is 6.34. The normalized spacial score (nSPS) is 20.1. The molecule has 0 atom stereocenters. The van der Waals surface area contributed by atoms with Crippen LogP contribution in [0.4, 0.5) is 13.2 Å². The predicted octanol–water partition coefficient (Wildman–Crippen LogP) is 2.15. The number of piperidine rings is 1. The maximum absolute atomic E-state index is 13.3. The quantitative estimate of drug-likeness (QED) is 0.420. The molecular weight excluding hydrogens is 491 g/mol. The van der Waals surface area contributed by atoms with Gasteiger partial charge in [-0.1, -0.05) is 6.07 Å². The molecule has 0 bridgehead atoms. The molecule has 1 amide bonds. The first kappa shape index (κ1) is 27.7. The fraction of sp³-hybridized carbons (Fsp3) is 0.684. The molecule has 2 fully saturated rings. The van der Waals surface area contributed by atoms with Crippen molar-refractivity contribution < 1.29 is 41.1 Å². The van der Waals surface area contributed by atoms with Gasteiger partial charge < -0.3 is 9.47 Å². The average Bonchev–Trinajstić information content (AvgIpc) is 2.78. The zero-order chi connectivity index (χ0) is 23.4. The predicted molar refractivity (Wildman–Crippen MR) is 112 cm³/mol. The second kappa shape index (κ2) is 11.3. The fourth-order valence-electron chi connectivity index (χ4n) is 4.09. The summed E-state index contributed by atoms with van der Waals surface area (Å²) in [5, 5.41) is 9.12. The molecule has 0 saturated carbocycles. The number of nitrogens with zero attached hydrogens (tertiary/aromatic N) is 2. The summed E-state index contributed by atoms with van der Waals surface area (Å²) in [5.41, 5.74) is 2.73. The largest absolute Gasteiger partial charge is 0.411 e. The number of alkyl halides is 3. The number of aromatic nitrogens is 1. The van der Waals surface area contributed by atoms with Gasteiger partial charge in [-0.2, -0.15) is 13.2 Å². The van der Waals surface area contributed by atoms with Crippen LogP contribution in [0.2, 0.25) is 0 Å². The van der Waals surface area contributed by atoms with Crippen LogP contribution >= 0.6 is 12.4 Å². The molecule has 0 aliphatic carbocycles. The number of ether oxygens (including phenoxy) is 2. The number of carbonyl (C=O) groups excluding carboxylic acids is 1. The van der Waals surface area contributed by atoms with Gasteiger partial charge in [0.15, 0.2) is 4.75 Å². The SMILES string of the molecule is Cl.O=C(NO)C1(S(=O)(=O)N2CCC(c3ccc(COCC(F)(F)F)cn3)CC2)CCOCC1. The molecule has 2 aliphatic rings. The Morgan fingerprint density at radius 1 is 1.27 bits per heavy atom. The number of carbonyl (C=O) groups is 1. The van der Waals surface area contributed by atoms with E-state index in [1.54, 1.807) is 12.1 Å². The first-order chi connectivity index (χ1) is 15.1. The van der Waals surface area contributed by atoms with Crippen molar-refractivity contribution in [1.82, 2.24) is 14.8 Å². The minimum atomic E-state index is -4.39. The molecule has 33 heavy (non-hydrogen) atoms. The molecule has 2 aliphatic heterocycles. The fourth-order valence-corrected chi connectivity index (χ4v) is 6.24. The van der Waals surface area contributed by atoms with Crippen LogP contribution in [-0.2, 0) is 30.9 Å². The van der Waals surface area contributed by atoms with Crippen molar-refractivity contribution in [2.24, 2.45) is 0 Å². The number of rotatable bonds is 7. The van der Waals surface area contributed by atoms with E-state index >= 15 is 0 Å². The Hall–Kier alpha value is -1.51. The Bertz CT molecular complexity index is 887. The number of nitrogens with one attached hydrogen (secondary N) is 1. The summed E-state index contributed by atoms with van der Waals surface area (Å²) in [6.45, 7) is -0.956. The molecule has 0 aromatic carbocycles. The van der Waals surface area contributed by atoms with Crippen molar-refractivity contribution in [1.29, 1.82) is 0 Å². The van der Waals surface area contributed by atoms with E-state index in [1.807, 2.05) is 0 Å². The van der Waals surface area contributed by atoms with Crippen LogP contribution in [0.25, 0.3) is 0 Å². The summed E-state index contributed by atoms with van der Waals surface area (Å²) < 4.78 is 72.5. The maximum atomic E-state index is 13.3. The molecule has 2 saturated heterocycles. The molecule has 14 heteroatoms. The van der Waals surface area contributed by atoms with Gasteiger partial charge in [-0.25, -0.2) is 18.2 Å². The highest BCUT2D eigenvalue weighted by atomic mass is 35.5. The first-order valence-corrected chi connectivity index (χ1v) is 11.6. The molecule has 3 rings (SSSR count). The van der Waals surface area contributed by atoms with E-state index in [0.29, 0.717) is 18.4 Å². The molecule has 1 aromatic rings. The summed E-state index contributed by atoms with van der Waals surface area (Å²) in [7, 11) is -4.04. The number of hydrogen-bond donors (Lipinski definition) is 2. The van der Waals surface area contributed by atoms with Crippen molar-refractivity contribution in [3.8, 4) is 0 Å². The number of hydrogen-bond acceptors (Lipinski definition) is 7. The minimum absolute atomic E-state index is 0. The number of sulfonamides is 1. The Kier molecular flexibility index (Phi) is 9.48. The second-order valence-corrected chi connectivity index (χ2v) is 10.2. The van der Waals surface area contributed by atoms with E-state index in [2.05, 4.69) is 9.72 Å². The van der Waals surface area contributed by atoms with Gasteiger partial charge in [-0.3, -0.25) is 15.0 Å². The van der Waals surface area contributed by atoms with Crippen LogP contribution in [0, 0.1) is 0 Å². The summed E-state index contributed by atoms with van der Waals surface area (Å²) in [6.07, 6.45) is -2.06. The van der Waals surface area contributed by atoms with Crippen molar-refractivity contribution >= 4 is 28.3 Å². The van der Waals surface area contributed by atoms with E-state index in [0.717, 1.165) is 5.69 Å². The molecule has 9 nitrogen and oxygen atoms in total. The van der Waals surface area contributed by atoms with E-state index in [9.17, 15) is 26.4 Å². The van der Waals surface area contributed by atoms with E-state index in [1.165, 1.54) is 16.0 Å². The van der Waals surface area contributed by atoms with Crippen LogP contribution in [0.1, 0.15) is 42.9 Å². The van der Waals surface area contributed by atoms with Crippen molar-refractivity contribution in [3.63, 3.8) is 0 Å². The van der Waals surface area contributed by atoms with Crippen LogP contribution in [-0.4, -0.2) is 72.7 Å². The van der Waals surface area contributed by atoms with E-state index in [4.69, 9.17) is 9.94 Å². The number of halogens is 4. The highest BCUT2D eigenvalue weighted by Gasteiger charge is 2.54. The van der Waals surface area contributed by atoms with E-state index in [-0.39, 0.29) is 64.1 Å². The van der Waals surface area contributed by atoms with Gasteiger partial charge in [-0.05, 0) is 24.5 Å². The summed E-state index contributed by atoms with van der Waals surface area (Å²) >= 11 is 0. The van der Waals surface area contributed by atoms with Crippen LogP contribution < -0.4 is 5.48 Å². The molecular formula is C19H27ClF3N3O6S. The lowest BCUT2D eigenvalue weighted by Gasteiger charge is -2.40. The third-order valence-electron chi connectivity index (χ3n) is 5.90. The highest BCUT2D eigenvalue weighted by Crippen LogP contribution is 2.36. The standard InChI is InChI=1S/C19H26F3N3O6S.ClH/c20-19(21,22)13-31-12-14-1-2-16(23-11-14)15-3-7-25(8-4-15)32(28,29)18(17(26)24-27)5-9-30-10-6-18;/h1-2,11,15,27H,3-10,12-13H2,(H,24,26);1H. The molecule has 2 N–H and O–H groups in total. The van der Waals surface area contributed by atoms with Gasteiger partial charge in [0.05, 0.1) is 6.61 Å². The summed E-state index contributed by atoms with van der Waals surface area (Å²) in [4.78, 5) is 16.6. The zero-order valence-corrected chi connectivity index (χ0v) is 19.3. The highest BCUT2D eigenvalue weighted by molar-refractivity contribution is 7.91. The summed E-state index contributed by atoms with van der Waals surface area (Å²) in [5.74, 6) is -0.975. The molecule has 0 radical (unpaired) electrons. The Morgan fingerprint density at radius 2 is 1.91 bits per heavy atom. The Morgan fingerprint density at radius 3 is 2.42 bits per heavy atom. The maximum Gasteiger partial charge on any atom is 0.411 e. The zero-order valence-electron chi connectivity index (χ0n) is 17.7. The van der Waals surface area contributed by atoms with Crippen molar-refractivity contribution in [2.75, 3.05) is 32.9 Å².